The van der Waals surface area contributed by atoms with Crippen molar-refractivity contribution >= 4 is 38.8 Å². The maximum Gasteiger partial charge on any atom is 0.0541 e. The first-order valence-corrected chi connectivity index (χ1v) is 13.8. The van der Waals surface area contributed by atoms with Crippen LogP contribution in [0.2, 0.25) is 0 Å². The zero-order valence-electron chi connectivity index (χ0n) is 21.9. The van der Waals surface area contributed by atoms with E-state index in [-0.39, 0.29) is 0 Å². The number of aryl methyl sites for hydroxylation is 2. The summed E-state index contributed by atoms with van der Waals surface area (Å²) in [5, 5.41) is 3.96. The van der Waals surface area contributed by atoms with Crippen LogP contribution in [0, 0.1) is 6.92 Å². The average molecular weight is 501 g/mol. The van der Waals surface area contributed by atoms with Gasteiger partial charge in [0.05, 0.1) is 16.6 Å². The molecule has 0 aliphatic heterocycles. The summed E-state index contributed by atoms with van der Waals surface area (Å²) in [5.41, 5.74) is 12.8. The minimum absolute atomic E-state index is 1.11. The van der Waals surface area contributed by atoms with Gasteiger partial charge in [0.1, 0.15) is 0 Å². The van der Waals surface area contributed by atoms with E-state index in [4.69, 9.17) is 0 Å². The summed E-state index contributed by atoms with van der Waals surface area (Å²) in [6.45, 7) is 2.24. The Morgan fingerprint density at radius 2 is 1.15 bits per heavy atom. The topological polar surface area (TPSA) is 9.86 Å². The van der Waals surface area contributed by atoms with Crippen LogP contribution in [0.25, 0.3) is 61.3 Å². The standard InChI is InChI=1S/C37H28N2/c1-25-24-27(20-23-33(25)39-36-16-8-4-12-31(36)32-13-5-9-17-37(32)39)26-18-21-28(22-19-26)38-34-14-6-2-10-29(34)30-11-3-7-15-35(30)38/h2-4,6-12,14-24H,5,13H2,1H3. The van der Waals surface area contributed by atoms with E-state index in [0.717, 1.165) is 12.8 Å². The van der Waals surface area contributed by atoms with Gasteiger partial charge in [-0.15, -0.1) is 0 Å². The van der Waals surface area contributed by atoms with Crippen LogP contribution in [0.15, 0.2) is 121 Å². The normalized spacial score (nSPS) is 12.9. The number of hydrogen-bond acceptors (Lipinski definition) is 0. The molecule has 39 heavy (non-hydrogen) atoms. The number of fused-ring (bicyclic) bond motifs is 6. The Hall–Kier alpha value is -4.82. The molecule has 186 valence electrons. The third-order valence-electron chi connectivity index (χ3n) is 8.33. The fraction of sp³-hybridized carbons (Fsp3) is 0.0811. The van der Waals surface area contributed by atoms with Crippen molar-refractivity contribution < 1.29 is 0 Å². The molecule has 2 aromatic heterocycles. The summed E-state index contributed by atoms with van der Waals surface area (Å²) < 4.78 is 4.82. The highest BCUT2D eigenvalue weighted by atomic mass is 15.0. The zero-order chi connectivity index (χ0) is 25.9. The van der Waals surface area contributed by atoms with Crippen LogP contribution in [0.5, 0.6) is 0 Å². The number of hydrogen-bond donors (Lipinski definition) is 0. The molecule has 0 radical (unpaired) electrons. The van der Waals surface area contributed by atoms with E-state index in [1.165, 1.54) is 72.0 Å². The third-order valence-corrected chi connectivity index (χ3v) is 8.33. The van der Waals surface area contributed by atoms with Crippen molar-refractivity contribution in [3.05, 3.63) is 138 Å². The maximum atomic E-state index is 2.45. The number of para-hydroxylation sites is 3. The van der Waals surface area contributed by atoms with Crippen molar-refractivity contribution in [2.75, 3.05) is 0 Å². The van der Waals surface area contributed by atoms with Gasteiger partial charge < -0.3 is 9.13 Å². The third kappa shape index (κ3) is 3.35. The van der Waals surface area contributed by atoms with E-state index < -0.39 is 0 Å². The van der Waals surface area contributed by atoms with Gasteiger partial charge in [0, 0.05) is 33.2 Å². The molecule has 0 bridgehead atoms. The SMILES string of the molecule is Cc1cc(-c2ccc(-n3c4ccccc4c4ccccc43)cc2)ccc1-n1c2c(c3ccccc31)CCC=C2. The molecule has 0 saturated heterocycles. The van der Waals surface area contributed by atoms with Gasteiger partial charge in [0.2, 0.25) is 0 Å². The minimum atomic E-state index is 1.11. The Kier molecular flexibility index (Phi) is 4.90. The molecule has 8 rings (SSSR count). The Morgan fingerprint density at radius 3 is 1.82 bits per heavy atom. The van der Waals surface area contributed by atoms with E-state index in [1.807, 2.05) is 0 Å². The number of aromatic nitrogens is 2. The van der Waals surface area contributed by atoms with Gasteiger partial charge in [-0.05, 0) is 90.6 Å². The molecule has 7 aromatic rings. The number of allylic oxidation sites excluding steroid dienone is 1. The first-order chi connectivity index (χ1) is 19.3. The Bertz CT molecular complexity index is 2010. The molecule has 2 nitrogen and oxygen atoms in total. The Labute approximate surface area is 228 Å². The second kappa shape index (κ2) is 8.61. The molecule has 0 fully saturated rings. The van der Waals surface area contributed by atoms with Crippen LogP contribution in [0.4, 0.5) is 0 Å². The highest BCUT2D eigenvalue weighted by molar-refractivity contribution is 6.09. The number of nitrogens with zero attached hydrogens (tertiary/aromatic N) is 2. The van der Waals surface area contributed by atoms with Crippen LogP contribution in [-0.2, 0) is 6.42 Å². The smallest absolute Gasteiger partial charge is 0.0541 e. The van der Waals surface area contributed by atoms with Crippen molar-refractivity contribution in [1.29, 1.82) is 0 Å². The molecule has 0 amide bonds. The first-order valence-electron chi connectivity index (χ1n) is 13.8. The summed E-state index contributed by atoms with van der Waals surface area (Å²) in [6, 6.07) is 42.1. The predicted octanol–water partition coefficient (Wildman–Crippen LogP) is 9.66. The van der Waals surface area contributed by atoms with Gasteiger partial charge in [0.15, 0.2) is 0 Å². The van der Waals surface area contributed by atoms with Crippen LogP contribution < -0.4 is 0 Å². The summed E-state index contributed by atoms with van der Waals surface area (Å²) in [7, 11) is 0. The Balaban J connectivity index is 1.21. The fourth-order valence-electron chi connectivity index (χ4n) is 6.54. The van der Waals surface area contributed by atoms with Crippen LogP contribution in [-0.4, -0.2) is 9.13 Å². The van der Waals surface area contributed by atoms with Gasteiger partial charge in [-0.3, -0.25) is 0 Å². The molecule has 0 saturated carbocycles. The summed E-state index contributed by atoms with van der Waals surface area (Å²) in [6.07, 6.45) is 6.83. The lowest BCUT2D eigenvalue weighted by Crippen LogP contribution is -2.02. The van der Waals surface area contributed by atoms with Crippen molar-refractivity contribution in [1.82, 2.24) is 9.13 Å². The molecular weight excluding hydrogens is 472 g/mol. The van der Waals surface area contributed by atoms with Crippen LogP contribution in [0.3, 0.4) is 0 Å². The summed E-state index contributed by atoms with van der Waals surface area (Å²) >= 11 is 0. The van der Waals surface area contributed by atoms with E-state index in [9.17, 15) is 0 Å². The highest BCUT2D eigenvalue weighted by Crippen LogP contribution is 2.36. The van der Waals surface area contributed by atoms with E-state index >= 15 is 0 Å². The van der Waals surface area contributed by atoms with Crippen molar-refractivity contribution in [2.45, 2.75) is 19.8 Å². The predicted molar refractivity (Wildman–Crippen MR) is 165 cm³/mol. The quantitative estimate of drug-likeness (QED) is 0.229. The lowest BCUT2D eigenvalue weighted by atomic mass is 10.0. The molecule has 0 atom stereocenters. The molecule has 1 aliphatic carbocycles. The fourth-order valence-corrected chi connectivity index (χ4v) is 6.54. The largest absolute Gasteiger partial charge is 0.309 e. The molecule has 2 heterocycles. The van der Waals surface area contributed by atoms with Crippen molar-refractivity contribution in [2.24, 2.45) is 0 Å². The second-order valence-corrected chi connectivity index (χ2v) is 10.6. The second-order valence-electron chi connectivity index (χ2n) is 10.6. The van der Waals surface area contributed by atoms with Crippen molar-refractivity contribution in [3.63, 3.8) is 0 Å². The minimum Gasteiger partial charge on any atom is -0.309 e. The van der Waals surface area contributed by atoms with E-state index in [0.29, 0.717) is 0 Å². The molecule has 0 N–H and O–H groups in total. The van der Waals surface area contributed by atoms with Gasteiger partial charge >= 0.3 is 0 Å². The first kappa shape index (κ1) is 22.2. The molecular formula is C37H28N2. The lowest BCUT2D eigenvalue weighted by Gasteiger charge is -2.16. The molecule has 0 unspecified atom stereocenters. The Morgan fingerprint density at radius 1 is 0.564 bits per heavy atom. The molecule has 5 aromatic carbocycles. The summed E-state index contributed by atoms with van der Waals surface area (Å²) in [4.78, 5) is 0. The maximum absolute atomic E-state index is 2.45. The van der Waals surface area contributed by atoms with Crippen molar-refractivity contribution in [3.8, 4) is 22.5 Å². The highest BCUT2D eigenvalue weighted by Gasteiger charge is 2.19. The molecule has 2 heteroatoms. The van der Waals surface area contributed by atoms with Gasteiger partial charge in [-0.2, -0.15) is 0 Å². The monoisotopic (exact) mass is 500 g/mol. The van der Waals surface area contributed by atoms with Crippen LogP contribution >= 0.6 is 0 Å². The lowest BCUT2D eigenvalue weighted by molar-refractivity contribution is 0.965. The molecule has 0 spiro atoms. The van der Waals surface area contributed by atoms with Gasteiger partial charge in [0.25, 0.3) is 0 Å². The van der Waals surface area contributed by atoms with E-state index in [2.05, 4.69) is 143 Å². The number of benzene rings is 5. The average Bonchev–Trinajstić information content (AvgIpc) is 3.51. The van der Waals surface area contributed by atoms with Crippen LogP contribution in [0.1, 0.15) is 23.2 Å². The van der Waals surface area contributed by atoms with E-state index in [1.54, 1.807) is 0 Å². The summed E-state index contributed by atoms with van der Waals surface area (Å²) in [5.74, 6) is 0. The van der Waals surface area contributed by atoms with Gasteiger partial charge in [-0.1, -0.05) is 78.9 Å². The zero-order valence-corrected chi connectivity index (χ0v) is 21.9. The van der Waals surface area contributed by atoms with Gasteiger partial charge in [-0.25, -0.2) is 0 Å². The number of rotatable bonds is 3. The molecule has 1 aliphatic rings.